The van der Waals surface area contributed by atoms with Gasteiger partial charge in [-0.25, -0.2) is 0 Å². The molecule has 0 atom stereocenters. The van der Waals surface area contributed by atoms with Crippen molar-refractivity contribution in [2.75, 3.05) is 32.8 Å². The molecule has 3 nitrogen and oxygen atoms in total. The van der Waals surface area contributed by atoms with Crippen LogP contribution in [0.25, 0.3) is 0 Å². The summed E-state index contributed by atoms with van der Waals surface area (Å²) in [5.74, 6) is 0.708. The molecule has 0 unspecified atom stereocenters. The molecule has 0 amide bonds. The van der Waals surface area contributed by atoms with E-state index < -0.39 is 0 Å². The first kappa shape index (κ1) is 12.7. The van der Waals surface area contributed by atoms with Crippen molar-refractivity contribution in [3.63, 3.8) is 0 Å². The van der Waals surface area contributed by atoms with E-state index in [0.29, 0.717) is 12.2 Å². The average molecular weight is 213 g/mol. The number of ketones is 1. The van der Waals surface area contributed by atoms with Gasteiger partial charge in [-0.3, -0.25) is 4.79 Å². The number of Topliss-reactive ketones (excluding diaryl/α,β-unsaturated/α-hetero) is 1. The Morgan fingerprint density at radius 1 is 1.27 bits per heavy atom. The first-order valence-electron chi connectivity index (χ1n) is 6.10. The van der Waals surface area contributed by atoms with Gasteiger partial charge in [-0.2, -0.15) is 0 Å². The lowest BCUT2D eigenvalue weighted by atomic mass is 9.93. The van der Waals surface area contributed by atoms with Crippen LogP contribution in [0.3, 0.4) is 0 Å². The van der Waals surface area contributed by atoms with E-state index in [1.807, 2.05) is 0 Å². The number of hydrogen-bond acceptors (Lipinski definition) is 3. The van der Waals surface area contributed by atoms with Gasteiger partial charge in [0, 0.05) is 32.1 Å². The highest BCUT2D eigenvalue weighted by atomic mass is 16.5. The van der Waals surface area contributed by atoms with E-state index >= 15 is 0 Å². The molecular formula is C12H23NO2. The smallest absolute Gasteiger partial charge is 0.137 e. The van der Waals surface area contributed by atoms with Gasteiger partial charge in [0.25, 0.3) is 0 Å². The lowest BCUT2D eigenvalue weighted by molar-refractivity contribution is -0.126. The third-order valence-corrected chi connectivity index (χ3v) is 3.25. The Balaban J connectivity index is 2.22. The number of ether oxygens (including phenoxy) is 1. The van der Waals surface area contributed by atoms with Gasteiger partial charge < -0.3 is 9.64 Å². The zero-order valence-electron chi connectivity index (χ0n) is 10.00. The Hall–Kier alpha value is -0.410. The van der Waals surface area contributed by atoms with E-state index in [9.17, 15) is 4.79 Å². The van der Waals surface area contributed by atoms with Gasteiger partial charge in [0.1, 0.15) is 5.78 Å². The molecule has 1 rings (SSSR count). The summed E-state index contributed by atoms with van der Waals surface area (Å²) < 4.78 is 5.26. The third kappa shape index (κ3) is 4.31. The van der Waals surface area contributed by atoms with Crippen LogP contribution in [0.1, 0.15) is 33.1 Å². The molecule has 0 spiro atoms. The quantitative estimate of drug-likeness (QED) is 0.673. The molecule has 1 aliphatic rings. The zero-order chi connectivity index (χ0) is 11.1. The van der Waals surface area contributed by atoms with Crippen LogP contribution in [0.15, 0.2) is 0 Å². The van der Waals surface area contributed by atoms with Crippen LogP contribution >= 0.6 is 0 Å². The summed E-state index contributed by atoms with van der Waals surface area (Å²) in [6.07, 6.45) is 2.57. The van der Waals surface area contributed by atoms with E-state index in [1.165, 1.54) is 0 Å². The summed E-state index contributed by atoms with van der Waals surface area (Å²) in [7, 11) is 0. The van der Waals surface area contributed by atoms with Crippen LogP contribution in [0, 0.1) is 5.92 Å². The molecule has 1 heterocycles. The Bertz CT molecular complexity index is 184. The van der Waals surface area contributed by atoms with Crippen LogP contribution in [0.4, 0.5) is 0 Å². The van der Waals surface area contributed by atoms with E-state index in [-0.39, 0.29) is 5.92 Å². The van der Waals surface area contributed by atoms with E-state index in [0.717, 1.165) is 45.7 Å². The first-order chi connectivity index (χ1) is 7.27. The van der Waals surface area contributed by atoms with Crippen LogP contribution in [0.2, 0.25) is 0 Å². The molecule has 0 N–H and O–H groups in total. The fraction of sp³-hybridized carbons (Fsp3) is 0.917. The number of hydrogen-bond donors (Lipinski definition) is 0. The van der Waals surface area contributed by atoms with Crippen LogP contribution in [-0.4, -0.2) is 43.5 Å². The molecule has 1 saturated heterocycles. The van der Waals surface area contributed by atoms with Crippen molar-refractivity contribution in [2.45, 2.75) is 33.1 Å². The average Bonchev–Trinajstić information content (AvgIpc) is 2.31. The molecule has 1 fully saturated rings. The van der Waals surface area contributed by atoms with Crippen LogP contribution < -0.4 is 0 Å². The Kier molecular flexibility index (Phi) is 5.88. The van der Waals surface area contributed by atoms with Gasteiger partial charge in [-0.1, -0.05) is 13.8 Å². The number of carbonyl (C=O) groups is 1. The maximum atomic E-state index is 11.9. The van der Waals surface area contributed by atoms with Crippen molar-refractivity contribution in [3.05, 3.63) is 0 Å². The molecule has 88 valence electrons. The molecule has 0 aromatic rings. The predicted molar refractivity (Wildman–Crippen MR) is 61.0 cm³/mol. The molecule has 0 aromatic carbocycles. The summed E-state index contributed by atoms with van der Waals surface area (Å²) in [5, 5.41) is 0. The fourth-order valence-corrected chi connectivity index (χ4v) is 2.03. The van der Waals surface area contributed by atoms with Gasteiger partial charge in [0.2, 0.25) is 0 Å². The minimum absolute atomic E-state index is 0.273. The van der Waals surface area contributed by atoms with Gasteiger partial charge in [0.05, 0.1) is 0 Å². The standard InChI is InChI=1S/C12H23NO2/c1-3-13(4-2)8-5-12(14)11-6-9-15-10-7-11/h11H,3-10H2,1-2H3. The SMILES string of the molecule is CCN(CC)CCC(=O)C1CCOCC1. The van der Waals surface area contributed by atoms with Gasteiger partial charge in [0.15, 0.2) is 0 Å². The summed E-state index contributed by atoms with van der Waals surface area (Å²) >= 11 is 0. The maximum Gasteiger partial charge on any atom is 0.137 e. The molecule has 3 heteroatoms. The molecule has 0 aliphatic carbocycles. The predicted octanol–water partition coefficient (Wildman–Crippen LogP) is 1.71. The highest BCUT2D eigenvalue weighted by molar-refractivity contribution is 5.81. The first-order valence-corrected chi connectivity index (χ1v) is 6.10. The van der Waals surface area contributed by atoms with E-state index in [1.54, 1.807) is 0 Å². The monoisotopic (exact) mass is 213 g/mol. The largest absolute Gasteiger partial charge is 0.381 e. The summed E-state index contributed by atoms with van der Waals surface area (Å²) in [5.41, 5.74) is 0. The second-order valence-corrected chi connectivity index (χ2v) is 4.13. The number of rotatable bonds is 6. The van der Waals surface area contributed by atoms with Crippen molar-refractivity contribution in [1.82, 2.24) is 4.90 Å². The minimum Gasteiger partial charge on any atom is -0.381 e. The van der Waals surface area contributed by atoms with Crippen LogP contribution in [0.5, 0.6) is 0 Å². The van der Waals surface area contributed by atoms with Crippen molar-refractivity contribution in [3.8, 4) is 0 Å². The Morgan fingerprint density at radius 2 is 1.87 bits per heavy atom. The lowest BCUT2D eigenvalue weighted by Crippen LogP contribution is -2.29. The molecule has 15 heavy (non-hydrogen) atoms. The highest BCUT2D eigenvalue weighted by Gasteiger charge is 2.21. The summed E-state index contributed by atoms with van der Waals surface area (Å²) in [6.45, 7) is 8.81. The Morgan fingerprint density at radius 3 is 2.40 bits per heavy atom. The van der Waals surface area contributed by atoms with Gasteiger partial charge in [-0.15, -0.1) is 0 Å². The molecule has 1 aliphatic heterocycles. The van der Waals surface area contributed by atoms with Crippen molar-refractivity contribution < 1.29 is 9.53 Å². The number of nitrogens with zero attached hydrogens (tertiary/aromatic N) is 1. The second kappa shape index (κ2) is 6.96. The Labute approximate surface area is 92.8 Å². The fourth-order valence-electron chi connectivity index (χ4n) is 2.03. The van der Waals surface area contributed by atoms with E-state index in [2.05, 4.69) is 18.7 Å². The van der Waals surface area contributed by atoms with Gasteiger partial charge >= 0.3 is 0 Å². The van der Waals surface area contributed by atoms with E-state index in [4.69, 9.17) is 4.74 Å². The van der Waals surface area contributed by atoms with Crippen molar-refractivity contribution in [1.29, 1.82) is 0 Å². The minimum atomic E-state index is 0.273. The molecule has 0 bridgehead atoms. The third-order valence-electron chi connectivity index (χ3n) is 3.25. The normalized spacial score (nSPS) is 18.3. The molecule has 0 saturated carbocycles. The zero-order valence-corrected chi connectivity index (χ0v) is 10.00. The lowest BCUT2D eigenvalue weighted by Gasteiger charge is -2.23. The maximum absolute atomic E-state index is 11.9. The summed E-state index contributed by atoms with van der Waals surface area (Å²) in [6, 6.07) is 0. The van der Waals surface area contributed by atoms with Crippen LogP contribution in [-0.2, 0) is 9.53 Å². The molecular weight excluding hydrogens is 190 g/mol. The topological polar surface area (TPSA) is 29.5 Å². The van der Waals surface area contributed by atoms with Crippen molar-refractivity contribution in [2.24, 2.45) is 5.92 Å². The van der Waals surface area contributed by atoms with Crippen molar-refractivity contribution >= 4 is 5.78 Å². The van der Waals surface area contributed by atoms with Gasteiger partial charge in [-0.05, 0) is 25.9 Å². The molecule has 0 radical (unpaired) electrons. The summed E-state index contributed by atoms with van der Waals surface area (Å²) in [4.78, 5) is 14.2. The highest BCUT2D eigenvalue weighted by Crippen LogP contribution is 2.17. The number of carbonyl (C=O) groups excluding carboxylic acids is 1. The second-order valence-electron chi connectivity index (χ2n) is 4.13. The molecule has 0 aromatic heterocycles.